The zero-order valence-electron chi connectivity index (χ0n) is 15.5. The fraction of sp³-hybridized carbons (Fsp3) is 0.200. The van der Waals surface area contributed by atoms with Gasteiger partial charge in [0.25, 0.3) is 0 Å². The predicted molar refractivity (Wildman–Crippen MR) is 105 cm³/mol. The number of hydrogen-bond donors (Lipinski definition) is 1. The van der Waals surface area contributed by atoms with Crippen LogP contribution >= 0.6 is 0 Å². The van der Waals surface area contributed by atoms with E-state index >= 15 is 0 Å². The number of aromatic nitrogens is 2. The first kappa shape index (κ1) is 18.3. The quantitative estimate of drug-likeness (QED) is 0.649. The molecule has 0 atom stereocenters. The Kier molecular flexibility index (Phi) is 5.61. The highest BCUT2D eigenvalue weighted by Crippen LogP contribution is 2.28. The van der Waals surface area contributed by atoms with Crippen molar-refractivity contribution in [2.45, 2.75) is 13.5 Å². The van der Waals surface area contributed by atoms with E-state index in [1.807, 2.05) is 49.4 Å². The van der Waals surface area contributed by atoms with Crippen LogP contribution in [0.5, 0.6) is 17.2 Å². The summed E-state index contributed by atoms with van der Waals surface area (Å²) in [5, 5.41) is 4.31. The summed E-state index contributed by atoms with van der Waals surface area (Å²) in [5.74, 6) is 2.41. The second-order valence-electron chi connectivity index (χ2n) is 5.88. The summed E-state index contributed by atoms with van der Waals surface area (Å²) in [6, 6.07) is 13.3. The Morgan fingerprint density at radius 2 is 1.96 bits per heavy atom. The molecule has 7 heteroatoms. The molecule has 0 aliphatic rings. The van der Waals surface area contributed by atoms with Gasteiger partial charge in [-0.2, -0.15) is 5.10 Å². The smallest absolute Gasteiger partial charge is 0.221 e. The second-order valence-corrected chi connectivity index (χ2v) is 5.88. The molecule has 0 saturated heterocycles. The monoisotopic (exact) mass is 366 g/mol. The summed E-state index contributed by atoms with van der Waals surface area (Å²) < 4.78 is 18.1. The van der Waals surface area contributed by atoms with Crippen molar-refractivity contribution in [3.05, 3.63) is 65.5 Å². The number of nitrogens with two attached hydrogens (primary N) is 1. The maximum absolute atomic E-state index is 5.89. The molecule has 1 heterocycles. The Balaban J connectivity index is 1.72. The van der Waals surface area contributed by atoms with Gasteiger partial charge >= 0.3 is 0 Å². The molecule has 0 aliphatic carbocycles. The molecule has 3 rings (SSSR count). The van der Waals surface area contributed by atoms with Crippen LogP contribution in [0.1, 0.15) is 16.8 Å². The lowest BCUT2D eigenvalue weighted by atomic mass is 10.2. The molecule has 2 N–H and O–H groups in total. The van der Waals surface area contributed by atoms with Crippen molar-refractivity contribution < 1.29 is 14.2 Å². The Hall–Kier alpha value is -3.48. The largest absolute Gasteiger partial charge is 0.497 e. The summed E-state index contributed by atoms with van der Waals surface area (Å²) in [6.45, 7) is 2.27. The molecule has 0 aliphatic heterocycles. The van der Waals surface area contributed by atoms with E-state index in [4.69, 9.17) is 19.9 Å². The average Bonchev–Trinajstić information content (AvgIpc) is 3.02. The van der Waals surface area contributed by atoms with Crippen molar-refractivity contribution in [1.82, 2.24) is 9.66 Å². The summed E-state index contributed by atoms with van der Waals surface area (Å²) in [5.41, 5.74) is 8.46. The van der Waals surface area contributed by atoms with E-state index in [9.17, 15) is 0 Å². The first-order chi connectivity index (χ1) is 13.1. The topological polar surface area (TPSA) is 83.9 Å². The third-order valence-corrected chi connectivity index (χ3v) is 3.88. The van der Waals surface area contributed by atoms with E-state index in [1.165, 1.54) is 4.68 Å². The molecule has 0 fully saturated rings. The summed E-state index contributed by atoms with van der Waals surface area (Å²) in [6.07, 6.45) is 3.44. The number of aryl methyl sites for hydroxylation is 1. The van der Waals surface area contributed by atoms with Gasteiger partial charge in [0.05, 0.1) is 32.3 Å². The van der Waals surface area contributed by atoms with Crippen molar-refractivity contribution in [3.8, 4) is 17.2 Å². The van der Waals surface area contributed by atoms with Gasteiger partial charge in [-0.3, -0.25) is 0 Å². The van der Waals surface area contributed by atoms with Gasteiger partial charge in [-0.15, -0.1) is 0 Å². The van der Waals surface area contributed by atoms with Crippen LogP contribution in [0.2, 0.25) is 0 Å². The van der Waals surface area contributed by atoms with E-state index in [0.717, 1.165) is 22.6 Å². The highest BCUT2D eigenvalue weighted by atomic mass is 16.5. The number of nitrogens with zero attached hydrogens (tertiary/aromatic N) is 3. The minimum atomic E-state index is 0.342. The molecule has 140 valence electrons. The van der Waals surface area contributed by atoms with E-state index < -0.39 is 0 Å². The van der Waals surface area contributed by atoms with Crippen LogP contribution in [0.25, 0.3) is 0 Å². The van der Waals surface area contributed by atoms with Crippen LogP contribution in [0.4, 0.5) is 5.95 Å². The first-order valence-corrected chi connectivity index (χ1v) is 8.38. The molecule has 0 unspecified atom stereocenters. The molecule has 7 nitrogen and oxygen atoms in total. The summed E-state index contributed by atoms with van der Waals surface area (Å²) in [7, 11) is 3.24. The van der Waals surface area contributed by atoms with Crippen molar-refractivity contribution >= 4 is 12.2 Å². The van der Waals surface area contributed by atoms with Crippen molar-refractivity contribution in [1.29, 1.82) is 0 Å². The van der Waals surface area contributed by atoms with E-state index in [1.54, 1.807) is 26.6 Å². The Bertz CT molecular complexity index is 950. The first-order valence-electron chi connectivity index (χ1n) is 8.38. The van der Waals surface area contributed by atoms with Gasteiger partial charge in [-0.05, 0) is 48.4 Å². The SMILES string of the molecule is COc1cccc(COc2ccc(C=Nn3cc(C)nc3N)cc2OC)c1. The molecule has 0 amide bonds. The van der Waals surface area contributed by atoms with Gasteiger partial charge in [0.1, 0.15) is 12.4 Å². The summed E-state index contributed by atoms with van der Waals surface area (Å²) >= 11 is 0. The number of benzene rings is 2. The van der Waals surface area contributed by atoms with Gasteiger partial charge in [-0.1, -0.05) is 12.1 Å². The summed E-state index contributed by atoms with van der Waals surface area (Å²) in [4.78, 5) is 4.11. The number of rotatable bonds is 7. The maximum atomic E-state index is 5.89. The van der Waals surface area contributed by atoms with Crippen molar-refractivity contribution in [3.63, 3.8) is 0 Å². The Labute approximate surface area is 158 Å². The van der Waals surface area contributed by atoms with Gasteiger partial charge in [0, 0.05) is 0 Å². The number of hydrogen-bond acceptors (Lipinski definition) is 6. The minimum absolute atomic E-state index is 0.342. The predicted octanol–water partition coefficient (Wildman–Crippen LogP) is 3.25. The molecular formula is C20H22N4O3. The number of imidazole rings is 1. The zero-order chi connectivity index (χ0) is 19.2. The normalized spacial score (nSPS) is 10.9. The number of methoxy groups -OCH3 is 2. The maximum Gasteiger partial charge on any atom is 0.221 e. The highest BCUT2D eigenvalue weighted by Gasteiger charge is 2.07. The lowest BCUT2D eigenvalue weighted by Crippen LogP contribution is -1.99. The highest BCUT2D eigenvalue weighted by molar-refractivity contribution is 5.81. The molecule has 0 radical (unpaired) electrons. The fourth-order valence-corrected chi connectivity index (χ4v) is 2.53. The molecule has 0 spiro atoms. The zero-order valence-corrected chi connectivity index (χ0v) is 15.5. The Morgan fingerprint density at radius 3 is 2.67 bits per heavy atom. The van der Waals surface area contributed by atoms with Gasteiger partial charge < -0.3 is 19.9 Å². The standard InChI is InChI=1S/C20H22N4O3/c1-14-12-24(20(21)23-14)22-11-15-7-8-18(19(10-15)26-3)27-13-16-5-4-6-17(9-16)25-2/h4-12H,13H2,1-3H3,(H2,21,23). The van der Waals surface area contributed by atoms with Crippen LogP contribution in [-0.2, 0) is 6.61 Å². The van der Waals surface area contributed by atoms with Crippen molar-refractivity contribution in [2.24, 2.45) is 5.10 Å². The van der Waals surface area contributed by atoms with E-state index in [-0.39, 0.29) is 0 Å². The molecule has 2 aromatic carbocycles. The number of anilines is 1. The van der Waals surface area contributed by atoms with Crippen molar-refractivity contribution in [2.75, 3.05) is 20.0 Å². The third-order valence-electron chi connectivity index (χ3n) is 3.88. The number of nitrogen functional groups attached to an aromatic ring is 1. The molecule has 0 saturated carbocycles. The molecule has 1 aromatic heterocycles. The average molecular weight is 366 g/mol. The number of ether oxygens (including phenoxy) is 3. The molecule has 3 aromatic rings. The van der Waals surface area contributed by atoms with Crippen LogP contribution in [-0.4, -0.2) is 30.1 Å². The third kappa shape index (κ3) is 4.58. The van der Waals surface area contributed by atoms with E-state index in [2.05, 4.69) is 10.1 Å². The van der Waals surface area contributed by atoms with E-state index in [0.29, 0.717) is 24.1 Å². The Morgan fingerprint density at radius 1 is 1.11 bits per heavy atom. The molecule has 0 bridgehead atoms. The van der Waals surface area contributed by atoms with Crippen LogP contribution in [0.3, 0.4) is 0 Å². The van der Waals surface area contributed by atoms with Gasteiger partial charge in [-0.25, -0.2) is 9.66 Å². The van der Waals surface area contributed by atoms with Gasteiger partial charge in [0.15, 0.2) is 11.5 Å². The van der Waals surface area contributed by atoms with Gasteiger partial charge in [0.2, 0.25) is 5.95 Å². The van der Waals surface area contributed by atoms with Crippen LogP contribution in [0, 0.1) is 6.92 Å². The molecular weight excluding hydrogens is 344 g/mol. The van der Waals surface area contributed by atoms with Crippen LogP contribution < -0.4 is 19.9 Å². The minimum Gasteiger partial charge on any atom is -0.497 e. The lowest BCUT2D eigenvalue weighted by molar-refractivity contribution is 0.284. The van der Waals surface area contributed by atoms with Crippen LogP contribution in [0.15, 0.2) is 53.8 Å². The lowest BCUT2D eigenvalue weighted by Gasteiger charge is -2.12. The fourth-order valence-electron chi connectivity index (χ4n) is 2.53. The second kappa shape index (κ2) is 8.27. The molecule has 27 heavy (non-hydrogen) atoms.